The Labute approximate surface area is 123 Å². The second kappa shape index (κ2) is 5.97. The van der Waals surface area contributed by atoms with Gasteiger partial charge in [0.2, 0.25) is 8.32 Å². The highest BCUT2D eigenvalue weighted by atomic mass is 28.4. The highest BCUT2D eigenvalue weighted by Gasteiger charge is 2.22. The number of carboxylic acids is 1. The van der Waals surface area contributed by atoms with Crippen LogP contribution in [0.4, 0.5) is 0 Å². The van der Waals surface area contributed by atoms with E-state index >= 15 is 0 Å². The van der Waals surface area contributed by atoms with Gasteiger partial charge in [-0.25, -0.2) is 4.79 Å². The molecule has 5 heteroatoms. The molecule has 0 aliphatic heterocycles. The molecule has 0 atom stereocenters. The quantitative estimate of drug-likeness (QED) is 0.668. The smallest absolute Gasteiger partial charge is 0.328 e. The van der Waals surface area contributed by atoms with Crippen molar-refractivity contribution in [2.24, 2.45) is 0 Å². The summed E-state index contributed by atoms with van der Waals surface area (Å²) in [6, 6.07) is 5.98. The minimum Gasteiger partial charge on any atom is -0.544 e. The zero-order valence-corrected chi connectivity index (χ0v) is 15.2. The lowest BCUT2D eigenvalue weighted by Crippen LogP contribution is -2.40. The molecule has 0 fully saturated rings. The van der Waals surface area contributed by atoms with Crippen molar-refractivity contribution in [3.63, 3.8) is 0 Å². The molecule has 20 heavy (non-hydrogen) atoms. The molecule has 0 unspecified atom stereocenters. The predicted octanol–water partition coefficient (Wildman–Crippen LogP) is 3.54. The Balaban J connectivity index is 3.24. The Morgan fingerprint density at radius 2 is 1.75 bits per heavy atom. The van der Waals surface area contributed by atoms with Crippen molar-refractivity contribution in [1.29, 1.82) is 0 Å². The van der Waals surface area contributed by atoms with Crippen LogP contribution in [0.25, 0.3) is 6.08 Å². The van der Waals surface area contributed by atoms with Gasteiger partial charge in [-0.1, -0.05) is 25.7 Å². The molecule has 0 saturated heterocycles. The molecule has 1 aromatic rings. The highest BCUT2D eigenvalue weighted by molar-refractivity contribution is 6.89. The lowest BCUT2D eigenvalue weighted by Gasteiger charge is -2.24. The van der Waals surface area contributed by atoms with Crippen LogP contribution in [0.5, 0.6) is 5.75 Å². The van der Waals surface area contributed by atoms with Gasteiger partial charge in [-0.05, 0) is 48.6 Å². The Morgan fingerprint density at radius 3 is 2.20 bits per heavy atom. The maximum Gasteiger partial charge on any atom is 0.328 e. The third-order valence-corrected chi connectivity index (χ3v) is 5.56. The summed E-state index contributed by atoms with van der Waals surface area (Å²) in [5, 5.41) is 10.0. The van der Waals surface area contributed by atoms with Crippen molar-refractivity contribution in [2.45, 2.75) is 39.3 Å². The summed E-state index contributed by atoms with van der Waals surface area (Å²) >= 11 is 0. The predicted molar refractivity (Wildman–Crippen MR) is 90.1 cm³/mol. The minimum atomic E-state index is -1.63. The van der Waals surface area contributed by atoms with Gasteiger partial charge in [-0.3, -0.25) is 0 Å². The van der Waals surface area contributed by atoms with Gasteiger partial charge in [0, 0.05) is 6.08 Å². The summed E-state index contributed by atoms with van der Waals surface area (Å²) in [5.41, 5.74) is 0.981. The van der Waals surface area contributed by atoms with Gasteiger partial charge < -0.3 is 9.53 Å². The fraction of sp³-hybridized carbons (Fsp3) is 0.400. The van der Waals surface area contributed by atoms with E-state index in [4.69, 9.17) is 9.53 Å². The van der Waals surface area contributed by atoms with E-state index in [0.29, 0.717) is 0 Å². The summed E-state index contributed by atoms with van der Waals surface area (Å²) in [5.74, 6) is -0.0250. The molecule has 0 amide bonds. The van der Waals surface area contributed by atoms with E-state index < -0.39 is 22.4 Å². The number of rotatable bonds is 5. The first-order valence-electron chi connectivity index (χ1n) is 6.73. The summed E-state index contributed by atoms with van der Waals surface area (Å²) in [4.78, 5) is 10.7. The Morgan fingerprint density at radius 1 is 1.15 bits per heavy atom. The first kappa shape index (κ1) is 16.7. The molecule has 0 aromatic heterocycles. The standard InChI is InChI=1S/C15H24O3Si2/c1-19(2,3)14-11-13(18-20(4,5)6)9-7-12(14)8-10-15(16)17/h7-11H,1-6H3,(H,16,17). The molecule has 0 radical (unpaired) electrons. The molecule has 1 N–H and O–H groups in total. The van der Waals surface area contributed by atoms with Crippen LogP contribution in [0.3, 0.4) is 0 Å². The van der Waals surface area contributed by atoms with E-state index in [1.165, 1.54) is 11.3 Å². The maximum absolute atomic E-state index is 10.7. The number of aliphatic carboxylic acids is 1. The number of hydrogen-bond acceptors (Lipinski definition) is 2. The van der Waals surface area contributed by atoms with Gasteiger partial charge >= 0.3 is 5.97 Å². The zero-order valence-electron chi connectivity index (χ0n) is 13.2. The van der Waals surface area contributed by atoms with E-state index in [0.717, 1.165) is 11.3 Å². The van der Waals surface area contributed by atoms with Crippen molar-refractivity contribution in [1.82, 2.24) is 0 Å². The molecule has 0 aliphatic carbocycles. The highest BCUT2D eigenvalue weighted by Crippen LogP contribution is 2.19. The second-order valence-corrected chi connectivity index (χ2v) is 16.4. The van der Waals surface area contributed by atoms with Crippen LogP contribution in [0.1, 0.15) is 5.56 Å². The van der Waals surface area contributed by atoms with Gasteiger partial charge in [0.25, 0.3) is 0 Å². The molecule has 0 bridgehead atoms. The average molecular weight is 309 g/mol. The van der Waals surface area contributed by atoms with Gasteiger partial charge in [0.1, 0.15) is 5.75 Å². The first-order chi connectivity index (χ1) is 8.99. The van der Waals surface area contributed by atoms with Crippen molar-refractivity contribution >= 4 is 33.6 Å². The first-order valence-corrected chi connectivity index (χ1v) is 13.6. The molecule has 0 aliphatic rings. The van der Waals surface area contributed by atoms with Gasteiger partial charge in [-0.2, -0.15) is 0 Å². The molecule has 1 aromatic carbocycles. The topological polar surface area (TPSA) is 46.5 Å². The molecule has 0 spiro atoms. The van der Waals surface area contributed by atoms with E-state index in [2.05, 4.69) is 45.3 Å². The molecular weight excluding hydrogens is 284 g/mol. The molecular formula is C15H24O3Si2. The number of benzene rings is 1. The summed E-state index contributed by atoms with van der Waals surface area (Å²) in [7, 11) is -3.20. The van der Waals surface area contributed by atoms with Crippen molar-refractivity contribution in [3.05, 3.63) is 29.8 Å². The maximum atomic E-state index is 10.7. The van der Waals surface area contributed by atoms with Crippen molar-refractivity contribution in [3.8, 4) is 5.75 Å². The van der Waals surface area contributed by atoms with E-state index in [1.807, 2.05) is 12.1 Å². The molecule has 0 heterocycles. The van der Waals surface area contributed by atoms with Crippen LogP contribution < -0.4 is 9.61 Å². The van der Waals surface area contributed by atoms with Crippen molar-refractivity contribution < 1.29 is 14.3 Å². The lowest BCUT2D eigenvalue weighted by atomic mass is 10.2. The van der Waals surface area contributed by atoms with E-state index in [1.54, 1.807) is 6.08 Å². The fourth-order valence-electron chi connectivity index (χ4n) is 1.91. The Hall–Kier alpha value is -1.34. The summed E-state index contributed by atoms with van der Waals surface area (Å²) < 4.78 is 6.04. The normalized spacial score (nSPS) is 12.7. The SMILES string of the molecule is C[Si](C)(C)Oc1ccc(C=CC(=O)O)c([Si](C)(C)C)c1. The monoisotopic (exact) mass is 308 g/mol. The largest absolute Gasteiger partial charge is 0.544 e. The summed E-state index contributed by atoms with van der Waals surface area (Å²) in [6.45, 7) is 13.2. The van der Waals surface area contributed by atoms with E-state index in [-0.39, 0.29) is 0 Å². The molecule has 0 saturated carbocycles. The van der Waals surface area contributed by atoms with Crippen LogP contribution in [0.15, 0.2) is 24.3 Å². The second-order valence-electron chi connectivity index (χ2n) is 6.89. The van der Waals surface area contributed by atoms with Gasteiger partial charge in [-0.15, -0.1) is 0 Å². The van der Waals surface area contributed by atoms with Crippen LogP contribution in [-0.2, 0) is 4.79 Å². The summed E-state index contributed by atoms with van der Waals surface area (Å²) in [6.07, 6.45) is 2.87. The number of carbonyl (C=O) groups is 1. The third kappa shape index (κ3) is 5.34. The lowest BCUT2D eigenvalue weighted by molar-refractivity contribution is -0.131. The Bertz CT molecular complexity index is 523. The van der Waals surface area contributed by atoms with Crippen LogP contribution in [-0.4, -0.2) is 27.5 Å². The zero-order chi connectivity index (χ0) is 15.6. The molecule has 110 valence electrons. The van der Waals surface area contributed by atoms with Gasteiger partial charge in [0.05, 0.1) is 8.07 Å². The van der Waals surface area contributed by atoms with Crippen LogP contribution in [0.2, 0.25) is 39.3 Å². The molecule has 3 nitrogen and oxygen atoms in total. The number of carboxylic acid groups (broad SMARTS) is 1. The Kier molecular flexibility index (Phi) is 4.99. The third-order valence-electron chi connectivity index (χ3n) is 2.66. The van der Waals surface area contributed by atoms with Crippen LogP contribution >= 0.6 is 0 Å². The molecule has 1 rings (SSSR count). The van der Waals surface area contributed by atoms with Gasteiger partial charge in [0.15, 0.2) is 0 Å². The number of hydrogen-bond donors (Lipinski definition) is 1. The average Bonchev–Trinajstić information content (AvgIpc) is 2.23. The van der Waals surface area contributed by atoms with Crippen LogP contribution in [0, 0.1) is 0 Å². The minimum absolute atomic E-state index is 0.897. The van der Waals surface area contributed by atoms with E-state index in [9.17, 15) is 4.79 Å². The van der Waals surface area contributed by atoms with Crippen molar-refractivity contribution in [2.75, 3.05) is 0 Å². The fourth-order valence-corrected chi connectivity index (χ4v) is 4.35.